The molecule has 138 valence electrons. The molecule has 1 aliphatic rings. The number of aromatic nitrogens is 1. The Morgan fingerprint density at radius 3 is 2.26 bits per heavy atom. The topological polar surface area (TPSA) is 48.5 Å². The van der Waals surface area contributed by atoms with Gasteiger partial charge in [0.2, 0.25) is 0 Å². The molecule has 6 heteroatoms. The van der Waals surface area contributed by atoms with Crippen LogP contribution in [0.5, 0.6) is 0 Å². The fraction of sp³-hybridized carbons (Fsp3) is 0.238. The van der Waals surface area contributed by atoms with Crippen LogP contribution in [0.1, 0.15) is 16.1 Å². The van der Waals surface area contributed by atoms with E-state index < -0.39 is 0 Å². The minimum Gasteiger partial charge on any atom is -0.368 e. The molecule has 1 aromatic heterocycles. The van der Waals surface area contributed by atoms with Crippen molar-refractivity contribution in [2.45, 2.75) is 6.54 Å². The third kappa shape index (κ3) is 4.28. The average Bonchev–Trinajstić information content (AvgIpc) is 3.24. The van der Waals surface area contributed by atoms with Gasteiger partial charge in [-0.3, -0.25) is 4.79 Å². The molecule has 0 unspecified atom stereocenters. The van der Waals surface area contributed by atoms with Crippen molar-refractivity contribution in [3.05, 3.63) is 77.3 Å². The van der Waals surface area contributed by atoms with Gasteiger partial charge in [-0.1, -0.05) is 48.5 Å². The third-order valence-electron chi connectivity index (χ3n) is 4.69. The van der Waals surface area contributed by atoms with E-state index in [1.54, 1.807) is 0 Å². The van der Waals surface area contributed by atoms with Gasteiger partial charge in [0.05, 0.1) is 0 Å². The lowest BCUT2D eigenvalue weighted by Gasteiger charge is -2.35. The minimum atomic E-state index is -0.121. The number of carbonyl (C=O) groups excluding carboxylic acids is 1. The van der Waals surface area contributed by atoms with E-state index in [-0.39, 0.29) is 5.91 Å². The van der Waals surface area contributed by atoms with E-state index in [1.165, 1.54) is 17.0 Å². The molecule has 1 saturated heterocycles. The van der Waals surface area contributed by atoms with Crippen molar-refractivity contribution in [3.8, 4) is 0 Å². The first kappa shape index (κ1) is 17.5. The Balaban J connectivity index is 1.32. The summed E-state index contributed by atoms with van der Waals surface area (Å²) >= 11 is 1.54. The van der Waals surface area contributed by atoms with Gasteiger partial charge >= 0.3 is 0 Å². The zero-order chi connectivity index (χ0) is 18.5. The molecular formula is C21H22N4OS. The Hall–Kier alpha value is -2.86. The second-order valence-electron chi connectivity index (χ2n) is 6.49. The number of nitrogens with zero attached hydrogens (tertiary/aromatic N) is 3. The second-order valence-corrected chi connectivity index (χ2v) is 7.33. The van der Waals surface area contributed by atoms with E-state index in [0.717, 1.165) is 36.9 Å². The van der Waals surface area contributed by atoms with Crippen molar-refractivity contribution in [2.24, 2.45) is 0 Å². The number of carbonyl (C=O) groups is 1. The number of hydrogen-bond acceptors (Lipinski definition) is 5. The van der Waals surface area contributed by atoms with Crippen LogP contribution in [0.15, 0.2) is 66.0 Å². The Morgan fingerprint density at radius 2 is 1.56 bits per heavy atom. The fourth-order valence-electron chi connectivity index (χ4n) is 3.18. The van der Waals surface area contributed by atoms with Crippen molar-refractivity contribution in [3.63, 3.8) is 0 Å². The van der Waals surface area contributed by atoms with Crippen molar-refractivity contribution < 1.29 is 4.79 Å². The van der Waals surface area contributed by atoms with Crippen LogP contribution in [0.25, 0.3) is 0 Å². The molecule has 1 fully saturated rings. The van der Waals surface area contributed by atoms with Crippen LogP contribution in [0.4, 0.5) is 10.8 Å². The summed E-state index contributed by atoms with van der Waals surface area (Å²) in [7, 11) is 0. The number of anilines is 2. The monoisotopic (exact) mass is 378 g/mol. The molecule has 27 heavy (non-hydrogen) atoms. The van der Waals surface area contributed by atoms with Crippen molar-refractivity contribution in [1.29, 1.82) is 0 Å². The maximum absolute atomic E-state index is 12.4. The van der Waals surface area contributed by atoms with E-state index in [1.807, 2.05) is 41.8 Å². The lowest BCUT2D eigenvalue weighted by Crippen LogP contribution is -2.46. The largest absolute Gasteiger partial charge is 0.368 e. The summed E-state index contributed by atoms with van der Waals surface area (Å²) in [6.07, 6.45) is 0. The SMILES string of the molecule is O=C(NCc1ccccc1)c1csc(N2CCN(c3ccccc3)CC2)n1. The Morgan fingerprint density at radius 1 is 0.926 bits per heavy atom. The molecule has 5 nitrogen and oxygen atoms in total. The van der Waals surface area contributed by atoms with Crippen LogP contribution < -0.4 is 15.1 Å². The normalized spacial score (nSPS) is 14.2. The first-order valence-corrected chi connectivity index (χ1v) is 10.0. The summed E-state index contributed by atoms with van der Waals surface area (Å²) in [6.45, 7) is 4.25. The van der Waals surface area contributed by atoms with Gasteiger partial charge in [-0.2, -0.15) is 0 Å². The second kappa shape index (κ2) is 8.22. The fourth-order valence-corrected chi connectivity index (χ4v) is 4.04. The number of rotatable bonds is 5. The third-order valence-corrected chi connectivity index (χ3v) is 5.59. The molecule has 0 atom stereocenters. The molecule has 3 aromatic rings. The molecule has 2 aromatic carbocycles. The lowest BCUT2D eigenvalue weighted by atomic mass is 10.2. The molecule has 4 rings (SSSR count). The Kier molecular flexibility index (Phi) is 5.34. The van der Waals surface area contributed by atoms with Gasteiger partial charge in [0.15, 0.2) is 5.13 Å². The van der Waals surface area contributed by atoms with E-state index in [2.05, 4.69) is 44.4 Å². The van der Waals surface area contributed by atoms with Crippen molar-refractivity contribution in [1.82, 2.24) is 10.3 Å². The van der Waals surface area contributed by atoms with Crippen LogP contribution in [0.3, 0.4) is 0 Å². The summed E-state index contributed by atoms with van der Waals surface area (Å²) < 4.78 is 0. The molecular weight excluding hydrogens is 356 g/mol. The van der Waals surface area contributed by atoms with Gasteiger partial charge in [0.1, 0.15) is 5.69 Å². The molecule has 0 radical (unpaired) electrons. The average molecular weight is 379 g/mol. The maximum atomic E-state index is 12.4. The molecule has 2 heterocycles. The summed E-state index contributed by atoms with van der Waals surface area (Å²) in [6, 6.07) is 20.4. The standard InChI is InChI=1S/C21H22N4OS/c26-20(22-15-17-7-3-1-4-8-17)19-16-27-21(23-19)25-13-11-24(12-14-25)18-9-5-2-6-10-18/h1-10,16H,11-15H2,(H,22,26). The highest BCUT2D eigenvalue weighted by atomic mass is 32.1. The lowest BCUT2D eigenvalue weighted by molar-refractivity contribution is 0.0946. The summed E-state index contributed by atoms with van der Waals surface area (Å²) in [4.78, 5) is 21.6. The van der Waals surface area contributed by atoms with Gasteiger partial charge in [-0.25, -0.2) is 4.98 Å². The van der Waals surface area contributed by atoms with Gasteiger partial charge in [0.25, 0.3) is 5.91 Å². The highest BCUT2D eigenvalue weighted by Crippen LogP contribution is 2.23. The highest BCUT2D eigenvalue weighted by Gasteiger charge is 2.20. The summed E-state index contributed by atoms with van der Waals surface area (Å²) in [5.41, 5.74) is 2.84. The van der Waals surface area contributed by atoms with Crippen LogP contribution in [-0.2, 0) is 6.54 Å². The van der Waals surface area contributed by atoms with Crippen LogP contribution in [0, 0.1) is 0 Å². The molecule has 0 aliphatic carbocycles. The zero-order valence-electron chi connectivity index (χ0n) is 15.0. The summed E-state index contributed by atoms with van der Waals surface area (Å²) in [5.74, 6) is -0.121. The zero-order valence-corrected chi connectivity index (χ0v) is 15.9. The van der Waals surface area contributed by atoms with Crippen LogP contribution in [0.2, 0.25) is 0 Å². The smallest absolute Gasteiger partial charge is 0.271 e. The number of amides is 1. The van der Waals surface area contributed by atoms with Crippen LogP contribution >= 0.6 is 11.3 Å². The molecule has 0 spiro atoms. The van der Waals surface area contributed by atoms with Gasteiger partial charge in [-0.05, 0) is 17.7 Å². The first-order chi connectivity index (χ1) is 13.3. The number of benzene rings is 2. The van der Waals surface area contributed by atoms with Crippen LogP contribution in [-0.4, -0.2) is 37.1 Å². The van der Waals surface area contributed by atoms with E-state index in [9.17, 15) is 4.79 Å². The minimum absolute atomic E-state index is 0.121. The van der Waals surface area contributed by atoms with E-state index in [0.29, 0.717) is 12.2 Å². The van der Waals surface area contributed by atoms with Crippen molar-refractivity contribution >= 4 is 28.1 Å². The number of hydrogen-bond donors (Lipinski definition) is 1. The van der Waals surface area contributed by atoms with Crippen molar-refractivity contribution in [2.75, 3.05) is 36.0 Å². The van der Waals surface area contributed by atoms with E-state index >= 15 is 0 Å². The quantitative estimate of drug-likeness (QED) is 0.739. The molecule has 0 bridgehead atoms. The maximum Gasteiger partial charge on any atom is 0.271 e. The first-order valence-electron chi connectivity index (χ1n) is 9.12. The number of para-hydroxylation sites is 1. The van der Waals surface area contributed by atoms with Gasteiger partial charge in [-0.15, -0.1) is 11.3 Å². The number of piperazine rings is 1. The summed E-state index contributed by atoms with van der Waals surface area (Å²) in [5, 5.41) is 5.71. The number of thiazole rings is 1. The predicted octanol–water partition coefficient (Wildman–Crippen LogP) is 3.40. The Bertz CT molecular complexity index is 873. The molecule has 0 saturated carbocycles. The predicted molar refractivity (Wildman–Crippen MR) is 111 cm³/mol. The Labute approximate surface area is 163 Å². The van der Waals surface area contributed by atoms with E-state index in [4.69, 9.17) is 0 Å². The van der Waals surface area contributed by atoms with Gasteiger partial charge < -0.3 is 15.1 Å². The molecule has 1 N–H and O–H groups in total. The molecule has 1 aliphatic heterocycles. The van der Waals surface area contributed by atoms with Gasteiger partial charge in [0, 0.05) is 43.8 Å². The number of nitrogens with one attached hydrogen (secondary N) is 1. The molecule has 1 amide bonds. The highest BCUT2D eigenvalue weighted by molar-refractivity contribution is 7.13.